The average molecular weight is 560 g/mol. The van der Waals surface area contributed by atoms with Crippen LogP contribution in [-0.2, 0) is 0 Å². The van der Waals surface area contributed by atoms with Gasteiger partial charge in [-0.15, -0.1) is 0 Å². The van der Waals surface area contributed by atoms with Crippen molar-refractivity contribution < 1.29 is 0 Å². The molecule has 0 fully saturated rings. The molecule has 44 heavy (non-hydrogen) atoms. The van der Waals surface area contributed by atoms with Crippen molar-refractivity contribution >= 4 is 54.3 Å². The van der Waals surface area contributed by atoms with E-state index in [4.69, 9.17) is 15.0 Å². The average Bonchev–Trinajstić information content (AvgIpc) is 3.10. The van der Waals surface area contributed by atoms with Crippen LogP contribution in [-0.4, -0.2) is 15.0 Å². The molecule has 204 valence electrons. The first kappa shape index (κ1) is 24.6. The third-order valence-electron chi connectivity index (χ3n) is 8.62. The van der Waals surface area contributed by atoms with E-state index in [-0.39, 0.29) is 0 Å². The number of rotatable bonds is 3. The van der Waals surface area contributed by atoms with E-state index in [1.807, 2.05) is 0 Å². The third-order valence-corrected chi connectivity index (χ3v) is 8.62. The van der Waals surface area contributed by atoms with Gasteiger partial charge in [0.1, 0.15) is 0 Å². The third kappa shape index (κ3) is 4.10. The molecule has 0 aliphatic carbocycles. The second-order valence-electron chi connectivity index (χ2n) is 11.3. The number of aromatic nitrogens is 3. The summed E-state index contributed by atoms with van der Waals surface area (Å²) in [7, 11) is 0. The van der Waals surface area contributed by atoms with E-state index in [1.54, 1.807) is 0 Å². The number of pyridine rings is 3. The molecule has 0 N–H and O–H groups in total. The van der Waals surface area contributed by atoms with Gasteiger partial charge in [0.2, 0.25) is 0 Å². The van der Waals surface area contributed by atoms with Crippen LogP contribution in [0.3, 0.4) is 0 Å². The minimum Gasteiger partial charge on any atom is -0.248 e. The summed E-state index contributed by atoms with van der Waals surface area (Å²) in [6, 6.07) is 53.3. The van der Waals surface area contributed by atoms with E-state index in [1.165, 1.54) is 16.2 Å². The molecule has 9 rings (SSSR count). The SMILES string of the molecule is c1ccc2c(-c3ccc4cc(-c5ccc6nc(-c7ccc8ccc9ccccc9c8n7)ccc6c5)ccc4n3)cccc2c1. The van der Waals surface area contributed by atoms with Crippen molar-refractivity contribution in [2.45, 2.75) is 0 Å². The molecule has 0 saturated heterocycles. The van der Waals surface area contributed by atoms with Gasteiger partial charge in [0.15, 0.2) is 0 Å². The Balaban J connectivity index is 1.06. The number of hydrogen-bond acceptors (Lipinski definition) is 3. The maximum Gasteiger partial charge on any atom is 0.0894 e. The van der Waals surface area contributed by atoms with Crippen LogP contribution in [0.15, 0.2) is 152 Å². The number of hydrogen-bond donors (Lipinski definition) is 0. The Hall–Kier alpha value is -5.93. The van der Waals surface area contributed by atoms with Crippen molar-refractivity contribution in [1.29, 1.82) is 0 Å². The molecule has 6 aromatic carbocycles. The molecule has 3 heteroatoms. The van der Waals surface area contributed by atoms with Crippen LogP contribution >= 0.6 is 0 Å². The lowest BCUT2D eigenvalue weighted by Gasteiger charge is -2.10. The van der Waals surface area contributed by atoms with Crippen LogP contribution in [0.1, 0.15) is 0 Å². The van der Waals surface area contributed by atoms with E-state index in [9.17, 15) is 0 Å². The van der Waals surface area contributed by atoms with E-state index < -0.39 is 0 Å². The van der Waals surface area contributed by atoms with Crippen molar-refractivity contribution in [3.8, 4) is 33.8 Å². The Kier molecular flexibility index (Phi) is 5.50. The zero-order valence-corrected chi connectivity index (χ0v) is 23.8. The summed E-state index contributed by atoms with van der Waals surface area (Å²) in [5.41, 5.74) is 9.16. The van der Waals surface area contributed by atoms with Gasteiger partial charge in [-0.2, -0.15) is 0 Å². The second kappa shape index (κ2) is 9.82. The number of benzene rings is 6. The molecule has 0 unspecified atom stereocenters. The molecular formula is C41H25N3. The van der Waals surface area contributed by atoms with Gasteiger partial charge in [-0.05, 0) is 69.8 Å². The molecule has 3 aromatic heterocycles. The fourth-order valence-corrected chi connectivity index (χ4v) is 6.35. The molecule has 0 radical (unpaired) electrons. The van der Waals surface area contributed by atoms with Crippen molar-refractivity contribution in [3.63, 3.8) is 0 Å². The molecule has 0 spiro atoms. The summed E-state index contributed by atoms with van der Waals surface area (Å²) in [5.74, 6) is 0. The quantitative estimate of drug-likeness (QED) is 0.202. The normalized spacial score (nSPS) is 11.6. The Bertz CT molecular complexity index is 2560. The molecule has 0 atom stereocenters. The van der Waals surface area contributed by atoms with Gasteiger partial charge in [-0.3, -0.25) is 0 Å². The second-order valence-corrected chi connectivity index (χ2v) is 11.3. The Morgan fingerprint density at radius 2 is 0.841 bits per heavy atom. The van der Waals surface area contributed by atoms with E-state index in [2.05, 4.69) is 152 Å². The monoisotopic (exact) mass is 559 g/mol. The highest BCUT2D eigenvalue weighted by Gasteiger charge is 2.10. The van der Waals surface area contributed by atoms with Crippen molar-refractivity contribution in [2.24, 2.45) is 0 Å². The molecule has 0 aliphatic rings. The highest BCUT2D eigenvalue weighted by molar-refractivity contribution is 6.05. The van der Waals surface area contributed by atoms with E-state index in [0.717, 1.165) is 71.9 Å². The molecule has 0 amide bonds. The first-order valence-corrected chi connectivity index (χ1v) is 14.9. The summed E-state index contributed by atoms with van der Waals surface area (Å²) in [6.07, 6.45) is 0. The lowest BCUT2D eigenvalue weighted by atomic mass is 9.99. The lowest BCUT2D eigenvalue weighted by Crippen LogP contribution is -1.91. The summed E-state index contributed by atoms with van der Waals surface area (Å²) >= 11 is 0. The molecule has 3 heterocycles. The molecule has 0 bridgehead atoms. The number of fused-ring (bicyclic) bond motifs is 6. The summed E-state index contributed by atoms with van der Waals surface area (Å²) in [4.78, 5) is 15.1. The highest BCUT2D eigenvalue weighted by atomic mass is 14.8. The van der Waals surface area contributed by atoms with Crippen molar-refractivity contribution in [1.82, 2.24) is 15.0 Å². The fourth-order valence-electron chi connectivity index (χ4n) is 6.35. The van der Waals surface area contributed by atoms with Crippen LogP contribution in [0, 0.1) is 0 Å². The minimum absolute atomic E-state index is 0.874. The zero-order chi connectivity index (χ0) is 29.0. The van der Waals surface area contributed by atoms with Gasteiger partial charge in [0.05, 0.1) is 33.6 Å². The summed E-state index contributed by atoms with van der Waals surface area (Å²) < 4.78 is 0. The Morgan fingerprint density at radius 1 is 0.318 bits per heavy atom. The fraction of sp³-hybridized carbons (Fsp3) is 0. The largest absolute Gasteiger partial charge is 0.248 e. The predicted octanol–water partition coefficient (Wildman–Crippen LogP) is 10.6. The van der Waals surface area contributed by atoms with Crippen LogP contribution in [0.25, 0.3) is 88.0 Å². The number of nitrogens with zero attached hydrogens (tertiary/aromatic N) is 3. The van der Waals surface area contributed by atoms with E-state index in [0.29, 0.717) is 0 Å². The molecule has 9 aromatic rings. The lowest BCUT2D eigenvalue weighted by molar-refractivity contribution is 1.32. The topological polar surface area (TPSA) is 38.7 Å². The van der Waals surface area contributed by atoms with Crippen LogP contribution < -0.4 is 0 Å². The first-order chi connectivity index (χ1) is 21.8. The maximum atomic E-state index is 5.05. The van der Waals surface area contributed by atoms with Crippen LogP contribution in [0.2, 0.25) is 0 Å². The predicted molar refractivity (Wildman–Crippen MR) is 184 cm³/mol. The van der Waals surface area contributed by atoms with Gasteiger partial charge in [-0.1, -0.05) is 109 Å². The molecular weight excluding hydrogens is 534 g/mol. The first-order valence-electron chi connectivity index (χ1n) is 14.9. The Labute approximate surface area is 254 Å². The van der Waals surface area contributed by atoms with E-state index >= 15 is 0 Å². The van der Waals surface area contributed by atoms with Crippen molar-refractivity contribution in [3.05, 3.63) is 152 Å². The standard InChI is InChI=1S/C41H25N3/c1-3-9-33-26(6-1)8-5-11-35(33)38-21-17-31-24-29(15-19-36(31)42-38)30-16-20-37-32(25-30)18-23-39(43-37)40-22-14-28-13-12-27-7-2-4-10-34(27)41(28)44-40/h1-25H. The van der Waals surface area contributed by atoms with Crippen LogP contribution in [0.4, 0.5) is 0 Å². The van der Waals surface area contributed by atoms with Gasteiger partial charge < -0.3 is 0 Å². The molecule has 0 saturated carbocycles. The minimum atomic E-state index is 0.874. The zero-order valence-electron chi connectivity index (χ0n) is 23.8. The van der Waals surface area contributed by atoms with Gasteiger partial charge in [0.25, 0.3) is 0 Å². The smallest absolute Gasteiger partial charge is 0.0894 e. The molecule has 0 aliphatic heterocycles. The van der Waals surface area contributed by atoms with Crippen molar-refractivity contribution in [2.75, 3.05) is 0 Å². The van der Waals surface area contributed by atoms with Gasteiger partial charge >= 0.3 is 0 Å². The van der Waals surface area contributed by atoms with Crippen LogP contribution in [0.5, 0.6) is 0 Å². The van der Waals surface area contributed by atoms with Gasteiger partial charge in [0, 0.05) is 27.1 Å². The maximum absolute atomic E-state index is 5.05. The summed E-state index contributed by atoms with van der Waals surface area (Å²) in [5, 5.41) is 8.15. The van der Waals surface area contributed by atoms with Gasteiger partial charge in [-0.25, -0.2) is 15.0 Å². The Morgan fingerprint density at radius 3 is 1.59 bits per heavy atom. The summed E-state index contributed by atoms with van der Waals surface area (Å²) in [6.45, 7) is 0. The molecule has 3 nitrogen and oxygen atoms in total. The highest BCUT2D eigenvalue weighted by Crippen LogP contribution is 2.32.